The fourth-order valence-corrected chi connectivity index (χ4v) is 5.09. The number of rotatable bonds is 14. The number of allylic oxidation sites excluding steroid dienone is 3. The molecule has 35 heavy (non-hydrogen) atoms. The van der Waals surface area contributed by atoms with Crippen LogP contribution in [-0.4, -0.2) is 53.4 Å². The second kappa shape index (κ2) is 13.5. The van der Waals surface area contributed by atoms with Crippen molar-refractivity contribution < 1.29 is 24.5 Å². The van der Waals surface area contributed by atoms with E-state index >= 15 is 0 Å². The molecule has 0 saturated carbocycles. The van der Waals surface area contributed by atoms with Crippen LogP contribution in [0, 0.1) is 24.2 Å². The highest BCUT2D eigenvalue weighted by molar-refractivity contribution is 5.85. The van der Waals surface area contributed by atoms with Crippen LogP contribution in [0.2, 0.25) is 0 Å². The van der Waals surface area contributed by atoms with Gasteiger partial charge >= 0.3 is 0 Å². The van der Waals surface area contributed by atoms with E-state index in [4.69, 9.17) is 4.74 Å². The SMILES string of the molecule is CCC([CH-]C(Cc1ccc(O)c(O)c1)CN1CCCC1)C(=O)CCCC(=O)C1C=CC(OC)=CC1. The molecule has 1 fully saturated rings. The Bertz CT molecular complexity index is 916. The predicted molar refractivity (Wildman–Crippen MR) is 137 cm³/mol. The van der Waals surface area contributed by atoms with Crippen LogP contribution < -0.4 is 0 Å². The van der Waals surface area contributed by atoms with E-state index in [1.165, 1.54) is 18.9 Å². The zero-order valence-corrected chi connectivity index (χ0v) is 21.1. The first-order valence-electron chi connectivity index (χ1n) is 13.0. The number of phenolic OH excluding ortho intramolecular Hbond substituents is 2. The molecule has 1 aliphatic heterocycles. The monoisotopic (exact) mass is 482 g/mol. The summed E-state index contributed by atoms with van der Waals surface area (Å²) in [5, 5.41) is 19.6. The molecule has 2 N–H and O–H groups in total. The van der Waals surface area contributed by atoms with Crippen molar-refractivity contribution in [1.29, 1.82) is 0 Å². The van der Waals surface area contributed by atoms with Crippen LogP contribution in [0.5, 0.6) is 11.5 Å². The number of ketones is 2. The topological polar surface area (TPSA) is 87.1 Å². The first kappa shape index (κ1) is 27.0. The van der Waals surface area contributed by atoms with Crippen LogP contribution in [0.25, 0.3) is 0 Å². The summed E-state index contributed by atoms with van der Waals surface area (Å²) in [6.45, 7) is 5.08. The maximum atomic E-state index is 13.1. The number of phenols is 2. The number of aromatic hydroxyl groups is 2. The van der Waals surface area contributed by atoms with Gasteiger partial charge in [0, 0.05) is 18.8 Å². The van der Waals surface area contributed by atoms with Gasteiger partial charge in [-0.25, -0.2) is 0 Å². The van der Waals surface area contributed by atoms with Crippen LogP contribution in [0.15, 0.2) is 42.2 Å². The maximum Gasteiger partial charge on any atom is 0.157 e. The molecule has 2 aliphatic rings. The Morgan fingerprint density at radius 2 is 1.94 bits per heavy atom. The molecule has 1 saturated heterocycles. The highest BCUT2D eigenvalue weighted by Crippen LogP contribution is 2.29. The summed E-state index contributed by atoms with van der Waals surface area (Å²) in [4.78, 5) is 28.1. The number of methoxy groups -OCH3 is 1. The number of nitrogens with zero attached hydrogens (tertiary/aromatic N) is 1. The third-order valence-electron chi connectivity index (χ3n) is 7.15. The van der Waals surface area contributed by atoms with Crippen LogP contribution >= 0.6 is 0 Å². The van der Waals surface area contributed by atoms with Crippen LogP contribution in [-0.2, 0) is 20.7 Å². The van der Waals surface area contributed by atoms with Crippen LogP contribution in [0.4, 0.5) is 0 Å². The van der Waals surface area contributed by atoms with E-state index in [-0.39, 0.29) is 40.8 Å². The molecule has 3 rings (SSSR count). The lowest BCUT2D eigenvalue weighted by molar-refractivity contribution is -0.123. The summed E-state index contributed by atoms with van der Waals surface area (Å²) >= 11 is 0. The minimum atomic E-state index is -0.148. The van der Waals surface area contributed by atoms with E-state index in [2.05, 4.69) is 11.3 Å². The van der Waals surface area contributed by atoms with Gasteiger partial charge in [0.2, 0.25) is 0 Å². The van der Waals surface area contributed by atoms with E-state index in [0.717, 1.165) is 37.4 Å². The molecule has 3 unspecified atom stereocenters. The highest BCUT2D eigenvalue weighted by Gasteiger charge is 2.20. The summed E-state index contributed by atoms with van der Waals surface area (Å²) in [5.74, 6) is 0.825. The molecule has 1 heterocycles. The lowest BCUT2D eigenvalue weighted by Crippen LogP contribution is -2.31. The fraction of sp³-hybridized carbons (Fsp3) is 0.552. The largest absolute Gasteiger partial charge is 0.504 e. The van der Waals surface area contributed by atoms with Crippen LogP contribution in [0.1, 0.15) is 57.4 Å². The Kier molecular flexibility index (Phi) is 10.4. The third kappa shape index (κ3) is 8.24. The van der Waals surface area contributed by atoms with Gasteiger partial charge in [0.1, 0.15) is 17.3 Å². The molecule has 3 atom stereocenters. The van der Waals surface area contributed by atoms with Gasteiger partial charge in [0.25, 0.3) is 0 Å². The zero-order valence-electron chi connectivity index (χ0n) is 21.1. The van der Waals surface area contributed by atoms with E-state index in [1.54, 1.807) is 13.2 Å². The van der Waals surface area contributed by atoms with Crippen molar-refractivity contribution in [1.82, 2.24) is 4.90 Å². The van der Waals surface area contributed by atoms with Gasteiger partial charge < -0.3 is 31.1 Å². The quantitative estimate of drug-likeness (QED) is 0.287. The van der Waals surface area contributed by atoms with Gasteiger partial charge in [-0.15, -0.1) is 11.8 Å². The molecule has 192 valence electrons. The molecule has 6 heteroatoms. The lowest BCUT2D eigenvalue weighted by atomic mass is 9.83. The molecule has 1 aromatic rings. The molecular formula is C29H40NO5-. The van der Waals surface area contributed by atoms with E-state index in [0.29, 0.717) is 32.1 Å². The summed E-state index contributed by atoms with van der Waals surface area (Å²) < 4.78 is 5.18. The van der Waals surface area contributed by atoms with E-state index in [1.807, 2.05) is 31.2 Å². The fourth-order valence-electron chi connectivity index (χ4n) is 5.09. The minimum absolute atomic E-state index is 0.114. The Hall–Kier alpha value is -2.60. The first-order valence-corrected chi connectivity index (χ1v) is 13.0. The number of likely N-dealkylation sites (tertiary alicyclic amines) is 1. The maximum absolute atomic E-state index is 13.1. The normalized spacial score (nSPS) is 19.8. The van der Waals surface area contributed by atoms with E-state index in [9.17, 15) is 19.8 Å². The summed E-state index contributed by atoms with van der Waals surface area (Å²) in [6.07, 6.45) is 13.8. The van der Waals surface area contributed by atoms with Gasteiger partial charge in [-0.05, 0) is 75.2 Å². The van der Waals surface area contributed by atoms with Crippen molar-refractivity contribution in [3.8, 4) is 11.5 Å². The predicted octanol–water partition coefficient (Wildman–Crippen LogP) is 5.00. The van der Waals surface area contributed by atoms with E-state index < -0.39 is 0 Å². The minimum Gasteiger partial charge on any atom is -0.504 e. The zero-order chi connectivity index (χ0) is 25.2. The molecule has 0 bridgehead atoms. The number of carbonyl (C=O) groups excluding carboxylic acids is 2. The smallest absolute Gasteiger partial charge is 0.157 e. The number of hydrogen-bond acceptors (Lipinski definition) is 6. The molecular weight excluding hydrogens is 442 g/mol. The molecule has 0 aromatic heterocycles. The number of Topliss-reactive ketones (excluding diaryl/α,β-unsaturated/α-hetero) is 2. The van der Waals surface area contributed by atoms with Crippen LogP contribution in [0.3, 0.4) is 0 Å². The number of ether oxygens (including phenoxy) is 1. The molecule has 0 spiro atoms. The Labute approximate surface area is 209 Å². The lowest BCUT2D eigenvalue weighted by Gasteiger charge is -2.35. The summed E-state index contributed by atoms with van der Waals surface area (Å²) in [5.41, 5.74) is 0.944. The Balaban J connectivity index is 1.53. The highest BCUT2D eigenvalue weighted by atomic mass is 16.5. The van der Waals surface area contributed by atoms with Crippen molar-refractivity contribution in [2.24, 2.45) is 17.8 Å². The molecule has 1 aliphatic carbocycles. The van der Waals surface area contributed by atoms with Gasteiger partial charge in [-0.3, -0.25) is 4.79 Å². The third-order valence-corrected chi connectivity index (χ3v) is 7.15. The molecule has 6 nitrogen and oxygen atoms in total. The van der Waals surface area contributed by atoms with Crippen molar-refractivity contribution in [2.75, 3.05) is 26.7 Å². The second-order valence-electron chi connectivity index (χ2n) is 9.80. The van der Waals surface area contributed by atoms with Gasteiger partial charge in [0.15, 0.2) is 11.5 Å². The summed E-state index contributed by atoms with van der Waals surface area (Å²) in [6, 6.07) is 4.96. The standard InChI is InChI=1S/C29H40NO5/c1-3-23(26(31)7-6-8-27(32)24-10-12-25(35-2)13-11-24)18-22(20-30-15-4-5-16-30)17-21-9-14-28(33)29(34)19-21/h9-10,12-14,18-19,22-24,33-34H,3-8,11,15-17,20H2,1-2H3/q-1. The van der Waals surface area contributed by atoms with Crippen molar-refractivity contribution in [2.45, 2.75) is 58.3 Å². The van der Waals surface area contributed by atoms with Gasteiger partial charge in [0.05, 0.1) is 7.11 Å². The number of benzene rings is 1. The number of hydrogen-bond donors (Lipinski definition) is 2. The molecule has 0 radical (unpaired) electrons. The molecule has 0 amide bonds. The molecule has 1 aromatic carbocycles. The number of carbonyl (C=O) groups is 2. The van der Waals surface area contributed by atoms with Crippen molar-refractivity contribution in [3.63, 3.8) is 0 Å². The summed E-state index contributed by atoms with van der Waals surface area (Å²) in [7, 11) is 1.62. The average molecular weight is 483 g/mol. The van der Waals surface area contributed by atoms with Crippen molar-refractivity contribution in [3.05, 3.63) is 54.2 Å². The Morgan fingerprint density at radius 3 is 2.57 bits per heavy atom. The second-order valence-corrected chi connectivity index (χ2v) is 9.80. The van der Waals surface area contributed by atoms with Gasteiger partial charge in [-0.2, -0.15) is 0 Å². The van der Waals surface area contributed by atoms with Crippen molar-refractivity contribution >= 4 is 11.6 Å². The van der Waals surface area contributed by atoms with Gasteiger partial charge in [-0.1, -0.05) is 31.9 Å². The Morgan fingerprint density at radius 1 is 1.17 bits per heavy atom. The average Bonchev–Trinajstić information content (AvgIpc) is 3.37. The first-order chi connectivity index (χ1) is 16.9.